The predicted molar refractivity (Wildman–Crippen MR) is 95.7 cm³/mol. The van der Waals surface area contributed by atoms with Gasteiger partial charge in [0.1, 0.15) is 0 Å². The zero-order valence-corrected chi connectivity index (χ0v) is 14.6. The third kappa shape index (κ3) is 3.24. The minimum absolute atomic E-state index is 0.0622. The highest BCUT2D eigenvalue weighted by molar-refractivity contribution is 5.94. The Labute approximate surface area is 147 Å². The van der Waals surface area contributed by atoms with Crippen LogP contribution in [0.15, 0.2) is 18.3 Å². The Morgan fingerprint density at radius 3 is 3.04 bits per heavy atom. The molecule has 2 aliphatic heterocycles. The molecule has 4 heterocycles. The standard InChI is InChI=1S/C18H24N6O/c1-13-11-14(3-6-20-13)23-7-2-8-24(10-9-23)18(25)17-15-4-5-19-12-16(15)21-22-17/h3,6,11,19H,2,4-5,7-10,12H2,1H3,(H,21,22). The molecule has 7 heteroatoms. The Morgan fingerprint density at radius 2 is 2.16 bits per heavy atom. The van der Waals surface area contributed by atoms with Gasteiger partial charge in [0.2, 0.25) is 0 Å². The fourth-order valence-corrected chi connectivity index (χ4v) is 3.68. The molecular formula is C18H24N6O. The van der Waals surface area contributed by atoms with Gasteiger partial charge in [-0.05, 0) is 38.4 Å². The Bertz CT molecular complexity index is 771. The summed E-state index contributed by atoms with van der Waals surface area (Å²) in [4.78, 5) is 21.5. The van der Waals surface area contributed by atoms with Crippen LogP contribution in [0.2, 0.25) is 0 Å². The summed E-state index contributed by atoms with van der Waals surface area (Å²) in [6.45, 7) is 6.97. The molecule has 2 aromatic rings. The molecule has 4 rings (SSSR count). The van der Waals surface area contributed by atoms with Crippen molar-refractivity contribution in [2.24, 2.45) is 0 Å². The number of amides is 1. The number of aromatic nitrogens is 3. The minimum Gasteiger partial charge on any atom is -0.370 e. The molecule has 1 amide bonds. The molecule has 0 spiro atoms. The highest BCUT2D eigenvalue weighted by Gasteiger charge is 2.27. The summed E-state index contributed by atoms with van der Waals surface area (Å²) < 4.78 is 0. The lowest BCUT2D eigenvalue weighted by Crippen LogP contribution is -2.36. The second-order valence-electron chi connectivity index (χ2n) is 6.74. The van der Waals surface area contributed by atoms with Gasteiger partial charge in [0.05, 0.1) is 5.69 Å². The number of hydrogen-bond donors (Lipinski definition) is 2. The van der Waals surface area contributed by atoms with Crippen molar-refractivity contribution < 1.29 is 4.79 Å². The summed E-state index contributed by atoms with van der Waals surface area (Å²) in [7, 11) is 0. The number of anilines is 1. The number of aryl methyl sites for hydroxylation is 1. The van der Waals surface area contributed by atoms with Gasteiger partial charge in [-0.2, -0.15) is 5.10 Å². The van der Waals surface area contributed by atoms with Crippen LogP contribution in [-0.4, -0.2) is 58.7 Å². The first-order valence-corrected chi connectivity index (χ1v) is 8.96. The van der Waals surface area contributed by atoms with Gasteiger partial charge >= 0.3 is 0 Å². The summed E-state index contributed by atoms with van der Waals surface area (Å²) in [5.74, 6) is 0.0622. The van der Waals surface area contributed by atoms with Gasteiger partial charge < -0.3 is 15.1 Å². The second-order valence-corrected chi connectivity index (χ2v) is 6.74. The average Bonchev–Trinajstić information content (AvgIpc) is 2.90. The van der Waals surface area contributed by atoms with Crippen LogP contribution in [-0.2, 0) is 13.0 Å². The molecule has 1 fully saturated rings. The van der Waals surface area contributed by atoms with Crippen LogP contribution in [0, 0.1) is 6.92 Å². The fraction of sp³-hybridized carbons (Fsp3) is 0.500. The number of pyridine rings is 1. The maximum Gasteiger partial charge on any atom is 0.274 e. The quantitative estimate of drug-likeness (QED) is 0.856. The normalized spacial score (nSPS) is 18.0. The number of H-pyrrole nitrogens is 1. The van der Waals surface area contributed by atoms with Gasteiger partial charge in [0, 0.05) is 55.9 Å². The Hall–Kier alpha value is -2.41. The number of nitrogens with zero attached hydrogens (tertiary/aromatic N) is 4. The van der Waals surface area contributed by atoms with Crippen LogP contribution in [0.5, 0.6) is 0 Å². The van der Waals surface area contributed by atoms with Gasteiger partial charge in [0.15, 0.2) is 5.69 Å². The van der Waals surface area contributed by atoms with Crippen LogP contribution < -0.4 is 10.2 Å². The minimum atomic E-state index is 0.0622. The molecular weight excluding hydrogens is 316 g/mol. The van der Waals surface area contributed by atoms with E-state index in [-0.39, 0.29) is 5.91 Å². The molecule has 0 aliphatic carbocycles. The van der Waals surface area contributed by atoms with E-state index >= 15 is 0 Å². The number of carbonyl (C=O) groups excluding carboxylic acids is 1. The van der Waals surface area contributed by atoms with E-state index in [1.165, 1.54) is 5.69 Å². The Balaban J connectivity index is 1.47. The summed E-state index contributed by atoms with van der Waals surface area (Å²) in [6.07, 6.45) is 3.67. The molecule has 0 aromatic carbocycles. The van der Waals surface area contributed by atoms with E-state index in [1.807, 2.05) is 24.1 Å². The molecule has 2 aromatic heterocycles. The van der Waals surface area contributed by atoms with E-state index in [2.05, 4.69) is 31.5 Å². The molecule has 132 valence electrons. The lowest BCUT2D eigenvalue weighted by atomic mass is 10.1. The first kappa shape index (κ1) is 16.1. The lowest BCUT2D eigenvalue weighted by Gasteiger charge is -2.24. The maximum absolute atomic E-state index is 13.0. The Kier molecular flexibility index (Phi) is 4.40. The average molecular weight is 340 g/mol. The molecule has 0 atom stereocenters. The fourth-order valence-electron chi connectivity index (χ4n) is 3.68. The second kappa shape index (κ2) is 6.84. The summed E-state index contributed by atoms with van der Waals surface area (Å²) >= 11 is 0. The van der Waals surface area contributed by atoms with E-state index in [0.29, 0.717) is 5.69 Å². The van der Waals surface area contributed by atoms with Crippen molar-refractivity contribution in [3.63, 3.8) is 0 Å². The zero-order valence-electron chi connectivity index (χ0n) is 14.6. The van der Waals surface area contributed by atoms with Gasteiger partial charge in [-0.3, -0.25) is 14.9 Å². The molecule has 0 radical (unpaired) electrons. The van der Waals surface area contributed by atoms with E-state index in [4.69, 9.17) is 0 Å². The van der Waals surface area contributed by atoms with Crippen molar-refractivity contribution in [2.45, 2.75) is 26.3 Å². The highest BCUT2D eigenvalue weighted by Crippen LogP contribution is 2.20. The predicted octanol–water partition coefficient (Wildman–Crippen LogP) is 1.11. The van der Waals surface area contributed by atoms with E-state index in [9.17, 15) is 4.79 Å². The van der Waals surface area contributed by atoms with Crippen molar-refractivity contribution in [1.82, 2.24) is 25.4 Å². The van der Waals surface area contributed by atoms with Crippen LogP contribution in [0.3, 0.4) is 0 Å². The monoisotopic (exact) mass is 340 g/mol. The molecule has 7 nitrogen and oxygen atoms in total. The number of carbonyl (C=O) groups is 1. The maximum atomic E-state index is 13.0. The molecule has 2 N–H and O–H groups in total. The van der Waals surface area contributed by atoms with Crippen LogP contribution >= 0.6 is 0 Å². The van der Waals surface area contributed by atoms with E-state index in [1.54, 1.807) is 0 Å². The molecule has 0 saturated carbocycles. The molecule has 2 aliphatic rings. The summed E-state index contributed by atoms with van der Waals surface area (Å²) in [6, 6.07) is 4.15. The van der Waals surface area contributed by atoms with Crippen molar-refractivity contribution >= 4 is 11.6 Å². The van der Waals surface area contributed by atoms with E-state index in [0.717, 1.165) is 69.1 Å². The molecule has 0 unspecified atom stereocenters. The van der Waals surface area contributed by atoms with E-state index < -0.39 is 0 Å². The van der Waals surface area contributed by atoms with Crippen molar-refractivity contribution in [3.05, 3.63) is 41.0 Å². The van der Waals surface area contributed by atoms with Crippen molar-refractivity contribution in [2.75, 3.05) is 37.6 Å². The van der Waals surface area contributed by atoms with Crippen molar-refractivity contribution in [3.8, 4) is 0 Å². The van der Waals surface area contributed by atoms with Crippen molar-refractivity contribution in [1.29, 1.82) is 0 Å². The number of hydrogen-bond acceptors (Lipinski definition) is 5. The largest absolute Gasteiger partial charge is 0.370 e. The van der Waals surface area contributed by atoms with Crippen LogP contribution in [0.4, 0.5) is 5.69 Å². The van der Waals surface area contributed by atoms with Gasteiger partial charge in [-0.1, -0.05) is 0 Å². The SMILES string of the molecule is Cc1cc(N2CCCN(C(=O)c3n[nH]c4c3CCNC4)CC2)ccn1. The summed E-state index contributed by atoms with van der Waals surface area (Å²) in [5.41, 5.74) is 4.97. The molecule has 25 heavy (non-hydrogen) atoms. The van der Waals surface area contributed by atoms with Gasteiger partial charge in [-0.25, -0.2) is 0 Å². The van der Waals surface area contributed by atoms with Crippen LogP contribution in [0.1, 0.15) is 33.9 Å². The number of rotatable bonds is 2. The third-order valence-electron chi connectivity index (χ3n) is 5.04. The van der Waals surface area contributed by atoms with Gasteiger partial charge in [-0.15, -0.1) is 0 Å². The smallest absolute Gasteiger partial charge is 0.274 e. The van der Waals surface area contributed by atoms with Gasteiger partial charge in [0.25, 0.3) is 5.91 Å². The third-order valence-corrected chi connectivity index (χ3v) is 5.04. The first-order chi connectivity index (χ1) is 12.2. The number of fused-ring (bicyclic) bond motifs is 1. The Morgan fingerprint density at radius 1 is 1.24 bits per heavy atom. The lowest BCUT2D eigenvalue weighted by molar-refractivity contribution is 0.0760. The summed E-state index contributed by atoms with van der Waals surface area (Å²) in [5, 5.41) is 10.6. The molecule has 0 bridgehead atoms. The zero-order chi connectivity index (χ0) is 17.2. The topological polar surface area (TPSA) is 77.1 Å². The van der Waals surface area contributed by atoms with Crippen LogP contribution in [0.25, 0.3) is 0 Å². The molecule has 1 saturated heterocycles. The first-order valence-electron chi connectivity index (χ1n) is 8.96. The highest BCUT2D eigenvalue weighted by atomic mass is 16.2. The number of aromatic amines is 1. The number of nitrogens with one attached hydrogen (secondary N) is 2.